The number of anilines is 1. The van der Waals surface area contributed by atoms with Gasteiger partial charge in [-0.2, -0.15) is 0 Å². The molecular weight excluding hydrogens is 332 g/mol. The van der Waals surface area contributed by atoms with E-state index in [1.54, 1.807) is 16.4 Å². The van der Waals surface area contributed by atoms with Gasteiger partial charge in [0.1, 0.15) is 0 Å². The molecular formula is C20H24N2O2S. The third-order valence-corrected chi connectivity index (χ3v) is 7.33. The first-order chi connectivity index (χ1) is 11.9. The lowest BCUT2D eigenvalue weighted by atomic mass is 9.89. The number of piperidine rings is 1. The van der Waals surface area contributed by atoms with Crippen LogP contribution in [-0.2, 0) is 10.0 Å². The van der Waals surface area contributed by atoms with Gasteiger partial charge in [-0.05, 0) is 57.6 Å². The van der Waals surface area contributed by atoms with Crippen LogP contribution in [-0.4, -0.2) is 39.5 Å². The zero-order valence-corrected chi connectivity index (χ0v) is 15.8. The highest BCUT2D eigenvalue weighted by molar-refractivity contribution is 7.92. The summed E-state index contributed by atoms with van der Waals surface area (Å²) >= 11 is 0. The van der Waals surface area contributed by atoms with E-state index in [0.29, 0.717) is 4.90 Å². The number of likely N-dealkylation sites (tertiary alicyclic amines) is 1. The highest BCUT2D eigenvalue weighted by atomic mass is 32.2. The van der Waals surface area contributed by atoms with Crippen molar-refractivity contribution in [3.8, 4) is 0 Å². The molecule has 0 saturated carbocycles. The van der Waals surface area contributed by atoms with Crippen molar-refractivity contribution in [2.45, 2.75) is 37.1 Å². The van der Waals surface area contributed by atoms with Gasteiger partial charge in [-0.1, -0.05) is 35.4 Å². The van der Waals surface area contributed by atoms with Gasteiger partial charge in [0.15, 0.2) is 0 Å². The molecule has 2 aromatic carbocycles. The summed E-state index contributed by atoms with van der Waals surface area (Å²) in [5.74, 6) is 0.244. The summed E-state index contributed by atoms with van der Waals surface area (Å²) in [4.78, 5) is 2.68. The minimum Gasteiger partial charge on any atom is -0.306 e. The molecule has 0 aliphatic carbocycles. The van der Waals surface area contributed by atoms with E-state index in [1.807, 2.05) is 31.2 Å². The molecule has 0 radical (unpaired) electrons. The van der Waals surface area contributed by atoms with Crippen molar-refractivity contribution >= 4 is 15.7 Å². The van der Waals surface area contributed by atoms with Crippen LogP contribution in [0.5, 0.6) is 0 Å². The molecule has 0 bridgehead atoms. The lowest BCUT2D eigenvalue weighted by Gasteiger charge is -2.36. The second-order valence-corrected chi connectivity index (χ2v) is 9.22. The van der Waals surface area contributed by atoms with Crippen molar-refractivity contribution in [1.82, 2.24) is 4.90 Å². The Kier molecular flexibility index (Phi) is 3.89. The SMILES string of the molecule is Cc1ccc(S(=O)(=O)N2c3ccc(C)cc3[C@H]3CN(C)CC[C@@H]32)cc1. The summed E-state index contributed by atoms with van der Waals surface area (Å²) in [5.41, 5.74) is 4.28. The van der Waals surface area contributed by atoms with Crippen molar-refractivity contribution in [1.29, 1.82) is 0 Å². The fraction of sp³-hybridized carbons (Fsp3) is 0.400. The third kappa shape index (κ3) is 2.66. The number of likely N-dealkylation sites (N-methyl/N-ethyl adjacent to an activating group) is 1. The number of fused-ring (bicyclic) bond motifs is 3. The highest BCUT2D eigenvalue weighted by Gasteiger charge is 2.46. The molecule has 1 fully saturated rings. The van der Waals surface area contributed by atoms with Crippen LogP contribution in [0.4, 0.5) is 5.69 Å². The molecule has 2 atom stereocenters. The van der Waals surface area contributed by atoms with Crippen molar-refractivity contribution in [3.05, 3.63) is 59.2 Å². The molecule has 0 N–H and O–H groups in total. The predicted molar refractivity (Wildman–Crippen MR) is 101 cm³/mol. The predicted octanol–water partition coefficient (Wildman–Crippen LogP) is 3.30. The Morgan fingerprint density at radius 3 is 2.40 bits per heavy atom. The molecule has 25 heavy (non-hydrogen) atoms. The molecule has 0 unspecified atom stereocenters. The first kappa shape index (κ1) is 16.6. The normalized spacial score (nSPS) is 23.4. The quantitative estimate of drug-likeness (QED) is 0.829. The molecule has 0 aromatic heterocycles. The summed E-state index contributed by atoms with van der Waals surface area (Å²) in [7, 11) is -1.44. The smallest absolute Gasteiger partial charge is 0.264 e. The van der Waals surface area contributed by atoms with Crippen LogP contribution in [0, 0.1) is 13.8 Å². The number of sulfonamides is 1. The van der Waals surface area contributed by atoms with Gasteiger partial charge in [-0.25, -0.2) is 8.42 Å². The molecule has 5 heteroatoms. The summed E-state index contributed by atoms with van der Waals surface area (Å²) in [6, 6.07) is 13.3. The van der Waals surface area contributed by atoms with E-state index >= 15 is 0 Å². The van der Waals surface area contributed by atoms with Gasteiger partial charge < -0.3 is 4.90 Å². The second-order valence-electron chi connectivity index (χ2n) is 7.40. The van der Waals surface area contributed by atoms with Gasteiger partial charge in [0.25, 0.3) is 10.0 Å². The summed E-state index contributed by atoms with van der Waals surface area (Å²) < 4.78 is 28.6. The van der Waals surface area contributed by atoms with E-state index in [4.69, 9.17) is 0 Å². The zero-order chi connectivity index (χ0) is 17.8. The number of rotatable bonds is 2. The van der Waals surface area contributed by atoms with Crippen LogP contribution >= 0.6 is 0 Å². The summed E-state index contributed by atoms with van der Waals surface area (Å²) in [6.45, 7) is 5.87. The van der Waals surface area contributed by atoms with Gasteiger partial charge in [-0.3, -0.25) is 4.31 Å². The Labute approximate surface area is 150 Å². The van der Waals surface area contributed by atoms with Gasteiger partial charge in [0.2, 0.25) is 0 Å². The number of nitrogens with zero attached hydrogens (tertiary/aromatic N) is 2. The van der Waals surface area contributed by atoms with E-state index in [2.05, 4.69) is 24.9 Å². The van der Waals surface area contributed by atoms with Gasteiger partial charge in [-0.15, -0.1) is 0 Å². The first-order valence-electron chi connectivity index (χ1n) is 8.78. The number of aryl methyl sites for hydroxylation is 2. The average molecular weight is 356 g/mol. The second kappa shape index (κ2) is 5.85. The van der Waals surface area contributed by atoms with Gasteiger partial charge in [0, 0.05) is 12.5 Å². The summed E-state index contributed by atoms with van der Waals surface area (Å²) in [6.07, 6.45) is 0.861. The lowest BCUT2D eigenvalue weighted by molar-refractivity contribution is 0.237. The van der Waals surface area contributed by atoms with Crippen LogP contribution in [0.3, 0.4) is 0 Å². The largest absolute Gasteiger partial charge is 0.306 e. The molecule has 1 saturated heterocycles. The average Bonchev–Trinajstić information content (AvgIpc) is 2.89. The maximum Gasteiger partial charge on any atom is 0.264 e. The Hall–Kier alpha value is -1.85. The maximum absolute atomic E-state index is 13.4. The Morgan fingerprint density at radius 2 is 1.68 bits per heavy atom. The van der Waals surface area contributed by atoms with E-state index in [1.165, 1.54) is 11.1 Å². The minimum atomic E-state index is -3.55. The fourth-order valence-electron chi connectivity index (χ4n) is 4.17. The van der Waals surface area contributed by atoms with Crippen molar-refractivity contribution < 1.29 is 8.42 Å². The Bertz CT molecular complexity index is 906. The van der Waals surface area contributed by atoms with Crippen molar-refractivity contribution in [2.24, 2.45) is 0 Å². The standard InChI is InChI=1S/C20H24N2O2S/c1-14-4-7-16(8-5-14)25(23,24)22-19-9-6-15(2)12-17(19)18-13-21(3)11-10-20(18)22/h4-9,12,18,20H,10-11,13H2,1-3H3/t18-,20+/m1/s1. The molecule has 2 aromatic rings. The Morgan fingerprint density at radius 1 is 1.00 bits per heavy atom. The number of hydrogen-bond donors (Lipinski definition) is 0. The maximum atomic E-state index is 13.4. The topological polar surface area (TPSA) is 40.6 Å². The van der Waals surface area contributed by atoms with Crippen LogP contribution in [0.1, 0.15) is 29.0 Å². The number of benzene rings is 2. The van der Waals surface area contributed by atoms with Gasteiger partial charge >= 0.3 is 0 Å². The zero-order valence-electron chi connectivity index (χ0n) is 14.9. The molecule has 4 rings (SSSR count). The van der Waals surface area contributed by atoms with E-state index in [9.17, 15) is 8.42 Å². The highest BCUT2D eigenvalue weighted by Crippen LogP contribution is 2.47. The molecule has 132 valence electrons. The molecule has 2 heterocycles. The number of hydrogen-bond acceptors (Lipinski definition) is 3. The van der Waals surface area contributed by atoms with Gasteiger partial charge in [0.05, 0.1) is 16.6 Å². The lowest BCUT2D eigenvalue weighted by Crippen LogP contribution is -2.47. The Balaban J connectivity index is 1.85. The molecule has 4 nitrogen and oxygen atoms in total. The van der Waals surface area contributed by atoms with Crippen molar-refractivity contribution in [3.63, 3.8) is 0 Å². The van der Waals surface area contributed by atoms with Crippen LogP contribution < -0.4 is 4.31 Å². The van der Waals surface area contributed by atoms with E-state index in [-0.39, 0.29) is 12.0 Å². The fourth-order valence-corrected chi connectivity index (χ4v) is 5.91. The monoisotopic (exact) mass is 356 g/mol. The minimum absolute atomic E-state index is 0.0132. The van der Waals surface area contributed by atoms with Crippen LogP contribution in [0.15, 0.2) is 47.4 Å². The van der Waals surface area contributed by atoms with Crippen LogP contribution in [0.25, 0.3) is 0 Å². The molecule has 0 amide bonds. The molecule has 2 aliphatic heterocycles. The van der Waals surface area contributed by atoms with Crippen molar-refractivity contribution in [2.75, 3.05) is 24.4 Å². The first-order valence-corrected chi connectivity index (χ1v) is 10.2. The molecule has 0 spiro atoms. The molecule has 2 aliphatic rings. The summed E-state index contributed by atoms with van der Waals surface area (Å²) in [5, 5.41) is 0. The third-order valence-electron chi connectivity index (χ3n) is 5.48. The van der Waals surface area contributed by atoms with E-state index < -0.39 is 10.0 Å². The van der Waals surface area contributed by atoms with E-state index in [0.717, 1.165) is 30.8 Å². The van der Waals surface area contributed by atoms with Crippen LogP contribution in [0.2, 0.25) is 0 Å².